The highest BCUT2D eigenvalue weighted by Gasteiger charge is 2.31. The lowest BCUT2D eigenvalue weighted by atomic mass is 9.89. The fraction of sp³-hybridized carbons (Fsp3) is 0.389. The van der Waals surface area contributed by atoms with Crippen molar-refractivity contribution < 1.29 is 18.0 Å². The van der Waals surface area contributed by atoms with Crippen molar-refractivity contribution in [1.29, 1.82) is 0 Å². The van der Waals surface area contributed by atoms with E-state index in [4.69, 9.17) is 34.8 Å². The van der Waals surface area contributed by atoms with E-state index in [1.165, 1.54) is 6.20 Å². The van der Waals surface area contributed by atoms with Crippen molar-refractivity contribution in [2.75, 3.05) is 23.4 Å². The van der Waals surface area contributed by atoms with Gasteiger partial charge in [-0.25, -0.2) is 0 Å². The number of carbonyl (C=O) groups excluding carboxylic acids is 1. The minimum absolute atomic E-state index is 0.0339. The quantitative estimate of drug-likeness (QED) is 0.572. The van der Waals surface area contributed by atoms with Gasteiger partial charge >= 0.3 is 6.18 Å². The van der Waals surface area contributed by atoms with Gasteiger partial charge in [-0.1, -0.05) is 34.8 Å². The Hall–Kier alpha value is -1.97. The van der Waals surface area contributed by atoms with Gasteiger partial charge in [-0.05, 0) is 42.5 Å². The maximum absolute atomic E-state index is 12.3. The maximum Gasteiger partial charge on any atom is 0.397 e. The zero-order valence-electron chi connectivity index (χ0n) is 15.4. The zero-order valence-corrected chi connectivity index (χ0v) is 17.7. The summed E-state index contributed by atoms with van der Waals surface area (Å²) in [7, 11) is 0. The van der Waals surface area contributed by atoms with Crippen molar-refractivity contribution in [3.8, 4) is 0 Å². The van der Waals surface area contributed by atoms with Crippen LogP contribution in [0.5, 0.6) is 0 Å². The number of amides is 1. The van der Waals surface area contributed by atoms with Crippen LogP contribution in [0.1, 0.15) is 30.7 Å². The molecule has 0 atom stereocenters. The number of piperidine rings is 1. The summed E-state index contributed by atoms with van der Waals surface area (Å²) in [6, 6.07) is 5.49. The molecule has 6 nitrogen and oxygen atoms in total. The van der Waals surface area contributed by atoms with E-state index in [1.807, 2.05) is 22.5 Å². The summed E-state index contributed by atoms with van der Waals surface area (Å²) in [6.07, 6.45) is -3.12. The van der Waals surface area contributed by atoms with Gasteiger partial charge in [-0.2, -0.15) is 18.3 Å². The van der Waals surface area contributed by atoms with Crippen LogP contribution in [0.15, 0.2) is 24.4 Å². The van der Waals surface area contributed by atoms with E-state index in [-0.39, 0.29) is 16.8 Å². The molecule has 0 radical (unpaired) electrons. The molecule has 3 rings (SSSR count). The molecule has 0 unspecified atom stereocenters. The Labute approximate surface area is 185 Å². The number of carbonyl (C=O) groups is 1. The van der Waals surface area contributed by atoms with E-state index in [2.05, 4.69) is 15.6 Å². The summed E-state index contributed by atoms with van der Waals surface area (Å²) in [6.45, 7) is 1.33. The van der Waals surface area contributed by atoms with Crippen LogP contribution in [0.2, 0.25) is 15.1 Å². The third-order valence-corrected chi connectivity index (χ3v) is 5.45. The van der Waals surface area contributed by atoms with E-state index in [1.54, 1.807) is 6.07 Å². The topological polar surface area (TPSA) is 70.1 Å². The van der Waals surface area contributed by atoms with Crippen molar-refractivity contribution in [1.82, 2.24) is 15.6 Å². The van der Waals surface area contributed by atoms with Crippen LogP contribution in [-0.2, 0) is 4.79 Å². The fourth-order valence-electron chi connectivity index (χ4n) is 3.28. The normalized spacial score (nSPS) is 15.2. The highest BCUT2D eigenvalue weighted by molar-refractivity contribution is 6.35. The Balaban J connectivity index is 1.63. The average molecular weight is 483 g/mol. The fourth-order valence-corrected chi connectivity index (χ4v) is 4.08. The number of rotatable bonds is 5. The number of alkyl halides is 3. The smallest absolute Gasteiger partial charge is 0.369 e. The first-order valence-corrected chi connectivity index (χ1v) is 10.1. The number of hydrogen-bond donors (Lipinski definition) is 2. The number of hydrogen-bond acceptors (Lipinski definition) is 5. The van der Waals surface area contributed by atoms with Gasteiger partial charge in [0.2, 0.25) is 5.91 Å². The van der Waals surface area contributed by atoms with Crippen LogP contribution in [0, 0.1) is 0 Å². The molecule has 1 aliphatic heterocycles. The number of benzene rings is 1. The number of anilines is 2. The SMILES string of the molecule is O=C(CC(F)(F)F)NNc1nncc(N2CCC(c3cc(Cl)cc(Cl)c3)CC2)c1Cl. The Morgan fingerprint density at radius 2 is 1.77 bits per heavy atom. The molecule has 1 saturated heterocycles. The predicted octanol–water partition coefficient (Wildman–Crippen LogP) is 5.22. The van der Waals surface area contributed by atoms with Crippen LogP contribution in [0.4, 0.5) is 24.7 Å². The van der Waals surface area contributed by atoms with Gasteiger partial charge in [-0.3, -0.25) is 15.6 Å². The minimum atomic E-state index is -4.61. The first-order valence-electron chi connectivity index (χ1n) is 8.96. The van der Waals surface area contributed by atoms with Gasteiger partial charge in [0.25, 0.3) is 0 Å². The molecule has 1 aliphatic rings. The zero-order chi connectivity index (χ0) is 21.9. The van der Waals surface area contributed by atoms with Crippen LogP contribution in [0.3, 0.4) is 0 Å². The van der Waals surface area contributed by atoms with Crippen LogP contribution >= 0.6 is 34.8 Å². The molecule has 2 heterocycles. The van der Waals surface area contributed by atoms with E-state index >= 15 is 0 Å². The molecule has 2 aromatic rings. The molecule has 0 spiro atoms. The molecule has 30 heavy (non-hydrogen) atoms. The number of nitrogens with zero attached hydrogens (tertiary/aromatic N) is 3. The first-order chi connectivity index (χ1) is 14.1. The average Bonchev–Trinajstić information content (AvgIpc) is 2.65. The lowest BCUT2D eigenvalue weighted by molar-refractivity contribution is -0.153. The Kier molecular flexibility index (Phi) is 7.15. The van der Waals surface area contributed by atoms with E-state index < -0.39 is 18.5 Å². The number of nitrogens with one attached hydrogen (secondary N) is 2. The van der Waals surface area contributed by atoms with Gasteiger partial charge < -0.3 is 4.90 Å². The molecule has 1 amide bonds. The lowest BCUT2D eigenvalue weighted by Gasteiger charge is -2.34. The number of aromatic nitrogens is 2. The monoisotopic (exact) mass is 481 g/mol. The first kappa shape index (κ1) is 22.7. The molecule has 0 aliphatic carbocycles. The Morgan fingerprint density at radius 3 is 2.37 bits per heavy atom. The summed E-state index contributed by atoms with van der Waals surface area (Å²) in [5.74, 6) is -1.01. The standard InChI is InChI=1S/C18H17Cl3F3N5O/c19-12-5-11(6-13(20)7-12)10-1-3-29(4-2-10)14-9-25-27-17(16(14)21)28-26-15(30)8-18(22,23)24/h5-7,9-10H,1-4,8H2,(H,26,30)(H,27,28). The molecule has 2 N–H and O–H groups in total. The predicted molar refractivity (Wildman–Crippen MR) is 110 cm³/mol. The molecule has 12 heteroatoms. The summed E-state index contributed by atoms with van der Waals surface area (Å²) in [5.41, 5.74) is 5.87. The molecule has 0 bridgehead atoms. The van der Waals surface area contributed by atoms with Crippen molar-refractivity contribution in [2.24, 2.45) is 0 Å². The molecule has 1 aromatic heterocycles. The highest BCUT2D eigenvalue weighted by Crippen LogP contribution is 2.36. The summed E-state index contributed by atoms with van der Waals surface area (Å²) in [5, 5.41) is 8.90. The van der Waals surface area contributed by atoms with Crippen LogP contribution in [-0.4, -0.2) is 35.4 Å². The van der Waals surface area contributed by atoms with E-state index in [0.29, 0.717) is 28.8 Å². The molecule has 0 saturated carbocycles. The van der Waals surface area contributed by atoms with Crippen molar-refractivity contribution >= 4 is 52.2 Å². The van der Waals surface area contributed by atoms with Gasteiger partial charge in [0.05, 0.1) is 11.9 Å². The molecular formula is C18H17Cl3F3N5O. The molecule has 1 fully saturated rings. The van der Waals surface area contributed by atoms with Gasteiger partial charge in [0.1, 0.15) is 11.4 Å². The second kappa shape index (κ2) is 9.45. The summed E-state index contributed by atoms with van der Waals surface area (Å²) >= 11 is 18.5. The number of halogens is 6. The minimum Gasteiger partial charge on any atom is -0.369 e. The van der Waals surface area contributed by atoms with Gasteiger partial charge in [0, 0.05) is 23.1 Å². The Morgan fingerprint density at radius 1 is 1.13 bits per heavy atom. The second-order valence-electron chi connectivity index (χ2n) is 6.82. The Bertz CT molecular complexity index is 900. The largest absolute Gasteiger partial charge is 0.397 e. The third-order valence-electron chi connectivity index (χ3n) is 4.64. The van der Waals surface area contributed by atoms with E-state index in [0.717, 1.165) is 18.4 Å². The van der Waals surface area contributed by atoms with Crippen LogP contribution in [0.25, 0.3) is 0 Å². The van der Waals surface area contributed by atoms with Crippen LogP contribution < -0.4 is 15.8 Å². The van der Waals surface area contributed by atoms with Crippen molar-refractivity contribution in [3.05, 3.63) is 45.0 Å². The summed E-state index contributed by atoms with van der Waals surface area (Å²) in [4.78, 5) is 13.3. The van der Waals surface area contributed by atoms with Crippen molar-refractivity contribution in [3.63, 3.8) is 0 Å². The molecule has 162 valence electrons. The molecule has 1 aromatic carbocycles. The highest BCUT2D eigenvalue weighted by atomic mass is 35.5. The summed E-state index contributed by atoms with van der Waals surface area (Å²) < 4.78 is 36.8. The van der Waals surface area contributed by atoms with Gasteiger partial charge in [0.15, 0.2) is 5.82 Å². The van der Waals surface area contributed by atoms with Crippen molar-refractivity contribution in [2.45, 2.75) is 31.4 Å². The second-order valence-corrected chi connectivity index (χ2v) is 8.07. The lowest BCUT2D eigenvalue weighted by Crippen LogP contribution is -2.35. The van der Waals surface area contributed by atoms with E-state index in [9.17, 15) is 18.0 Å². The number of hydrazine groups is 1. The van der Waals surface area contributed by atoms with Gasteiger partial charge in [-0.15, -0.1) is 5.10 Å². The molecular weight excluding hydrogens is 466 g/mol. The third kappa shape index (κ3) is 6.02. The maximum atomic E-state index is 12.3.